The van der Waals surface area contributed by atoms with E-state index in [0.29, 0.717) is 24.6 Å². The summed E-state index contributed by atoms with van der Waals surface area (Å²) in [4.78, 5) is 2.07. The maximum absolute atomic E-state index is 9.95. The van der Waals surface area contributed by atoms with Crippen LogP contribution < -0.4 is 5.32 Å². The number of benzene rings is 1. The summed E-state index contributed by atoms with van der Waals surface area (Å²) in [5.41, 5.74) is 1.77. The zero-order chi connectivity index (χ0) is 15.0. The Hall–Kier alpha value is -1.41. The van der Waals surface area contributed by atoms with Crippen LogP contribution in [-0.2, 0) is 6.54 Å². The van der Waals surface area contributed by atoms with Crippen molar-refractivity contribution in [2.24, 2.45) is 5.92 Å². The van der Waals surface area contributed by atoms with Crippen LogP contribution >= 0.6 is 0 Å². The molecule has 1 atom stereocenters. The first-order chi connectivity index (χ1) is 9.51. The van der Waals surface area contributed by atoms with Gasteiger partial charge < -0.3 is 10.4 Å². The van der Waals surface area contributed by atoms with Crippen molar-refractivity contribution in [1.29, 1.82) is 5.26 Å². The Labute approximate surface area is 122 Å². The molecule has 0 aromatic heterocycles. The molecule has 0 radical (unpaired) electrons. The van der Waals surface area contributed by atoms with Gasteiger partial charge in [-0.2, -0.15) is 5.26 Å². The van der Waals surface area contributed by atoms with E-state index in [0.717, 1.165) is 18.7 Å². The average Bonchev–Trinajstić information content (AvgIpc) is 2.38. The summed E-state index contributed by atoms with van der Waals surface area (Å²) in [6.07, 6.45) is -0.377. The molecule has 0 aliphatic carbocycles. The summed E-state index contributed by atoms with van der Waals surface area (Å²) in [6.45, 7) is 7.17. The molecule has 0 saturated carbocycles. The molecule has 0 amide bonds. The van der Waals surface area contributed by atoms with Gasteiger partial charge in [0, 0.05) is 19.6 Å². The van der Waals surface area contributed by atoms with Crippen LogP contribution in [0.2, 0.25) is 0 Å². The molecule has 4 heteroatoms. The molecule has 4 nitrogen and oxygen atoms in total. The number of likely N-dealkylation sites (N-methyl/N-ethyl adjacent to an activating group) is 1. The van der Waals surface area contributed by atoms with Gasteiger partial charge in [0.25, 0.3) is 0 Å². The lowest BCUT2D eigenvalue weighted by atomic mass is 10.1. The molecule has 2 N–H and O–H groups in total. The molecule has 0 aliphatic rings. The van der Waals surface area contributed by atoms with Crippen molar-refractivity contribution < 1.29 is 5.11 Å². The Morgan fingerprint density at radius 3 is 2.75 bits per heavy atom. The summed E-state index contributed by atoms with van der Waals surface area (Å²) in [6, 6.07) is 9.72. The second-order valence-corrected chi connectivity index (χ2v) is 5.71. The van der Waals surface area contributed by atoms with E-state index in [-0.39, 0.29) is 6.10 Å². The molecule has 1 aromatic carbocycles. The van der Waals surface area contributed by atoms with Crippen LogP contribution in [0, 0.1) is 17.2 Å². The Bertz CT molecular complexity index is 440. The van der Waals surface area contributed by atoms with Crippen LogP contribution in [-0.4, -0.2) is 42.8 Å². The fourth-order valence-corrected chi connectivity index (χ4v) is 2.08. The van der Waals surface area contributed by atoms with Crippen molar-refractivity contribution in [1.82, 2.24) is 10.2 Å². The van der Waals surface area contributed by atoms with Crippen molar-refractivity contribution in [3.63, 3.8) is 0 Å². The van der Waals surface area contributed by atoms with E-state index in [2.05, 4.69) is 30.1 Å². The summed E-state index contributed by atoms with van der Waals surface area (Å²) in [5, 5.41) is 22.1. The first kappa shape index (κ1) is 16.6. The Kier molecular flexibility index (Phi) is 7.24. The highest BCUT2D eigenvalue weighted by Crippen LogP contribution is 2.07. The van der Waals surface area contributed by atoms with Gasteiger partial charge in [-0.15, -0.1) is 0 Å². The highest BCUT2D eigenvalue weighted by molar-refractivity contribution is 5.32. The fourth-order valence-electron chi connectivity index (χ4n) is 2.08. The van der Waals surface area contributed by atoms with E-state index >= 15 is 0 Å². The van der Waals surface area contributed by atoms with Crippen molar-refractivity contribution in [2.75, 3.05) is 26.7 Å². The first-order valence-electron chi connectivity index (χ1n) is 7.07. The lowest BCUT2D eigenvalue weighted by Crippen LogP contribution is -2.37. The number of nitriles is 1. The predicted octanol–water partition coefficient (Wildman–Crippen LogP) is 1.60. The van der Waals surface area contributed by atoms with Gasteiger partial charge in [-0.25, -0.2) is 0 Å². The Balaban J connectivity index is 2.35. The second kappa shape index (κ2) is 8.70. The van der Waals surface area contributed by atoms with Crippen LogP contribution in [0.1, 0.15) is 25.0 Å². The molecule has 0 bridgehead atoms. The third-order valence-corrected chi connectivity index (χ3v) is 2.96. The summed E-state index contributed by atoms with van der Waals surface area (Å²) < 4.78 is 0. The van der Waals surface area contributed by atoms with Crippen molar-refractivity contribution >= 4 is 0 Å². The molecular formula is C16H25N3O. The number of nitrogens with one attached hydrogen (secondary N) is 1. The number of hydrogen-bond acceptors (Lipinski definition) is 4. The molecule has 0 fully saturated rings. The van der Waals surface area contributed by atoms with Crippen LogP contribution in [0.5, 0.6) is 0 Å². The van der Waals surface area contributed by atoms with Gasteiger partial charge >= 0.3 is 0 Å². The van der Waals surface area contributed by atoms with Crippen LogP contribution in [0.15, 0.2) is 24.3 Å². The molecule has 0 spiro atoms. The highest BCUT2D eigenvalue weighted by atomic mass is 16.3. The number of aliphatic hydroxyl groups excluding tert-OH is 1. The Morgan fingerprint density at radius 1 is 1.35 bits per heavy atom. The molecule has 1 aromatic rings. The maximum atomic E-state index is 9.95. The lowest BCUT2D eigenvalue weighted by molar-refractivity contribution is 0.120. The zero-order valence-electron chi connectivity index (χ0n) is 12.6. The minimum Gasteiger partial charge on any atom is -0.390 e. The van der Waals surface area contributed by atoms with Crippen LogP contribution in [0.3, 0.4) is 0 Å². The van der Waals surface area contributed by atoms with Crippen LogP contribution in [0.25, 0.3) is 0 Å². The molecule has 0 saturated heterocycles. The third-order valence-electron chi connectivity index (χ3n) is 2.96. The highest BCUT2D eigenvalue weighted by Gasteiger charge is 2.09. The molecular weight excluding hydrogens is 250 g/mol. The SMILES string of the molecule is CC(C)CNCC(O)CN(C)Cc1cccc(C#N)c1. The van der Waals surface area contributed by atoms with Crippen molar-refractivity contribution in [3.8, 4) is 6.07 Å². The average molecular weight is 275 g/mol. The summed E-state index contributed by atoms with van der Waals surface area (Å²) >= 11 is 0. The van der Waals surface area contributed by atoms with Gasteiger partial charge in [0.2, 0.25) is 0 Å². The monoisotopic (exact) mass is 275 g/mol. The van der Waals surface area contributed by atoms with E-state index in [1.807, 2.05) is 25.2 Å². The van der Waals surface area contributed by atoms with Crippen molar-refractivity contribution in [3.05, 3.63) is 35.4 Å². The minimum atomic E-state index is -0.377. The van der Waals surface area contributed by atoms with E-state index in [1.54, 1.807) is 6.07 Å². The molecule has 1 rings (SSSR count). The molecule has 1 unspecified atom stereocenters. The number of rotatable bonds is 8. The smallest absolute Gasteiger partial charge is 0.0991 e. The van der Waals surface area contributed by atoms with Gasteiger partial charge in [-0.1, -0.05) is 26.0 Å². The van der Waals surface area contributed by atoms with Crippen LogP contribution in [0.4, 0.5) is 0 Å². The molecule has 20 heavy (non-hydrogen) atoms. The second-order valence-electron chi connectivity index (χ2n) is 5.71. The fraction of sp³-hybridized carbons (Fsp3) is 0.562. The predicted molar refractivity (Wildman–Crippen MR) is 81.2 cm³/mol. The van der Waals surface area contributed by atoms with E-state index in [4.69, 9.17) is 5.26 Å². The maximum Gasteiger partial charge on any atom is 0.0991 e. The van der Waals surface area contributed by atoms with Gasteiger partial charge in [-0.05, 0) is 37.2 Å². The topological polar surface area (TPSA) is 59.3 Å². The van der Waals surface area contributed by atoms with Crippen molar-refractivity contribution in [2.45, 2.75) is 26.5 Å². The third kappa shape index (κ3) is 6.67. The molecule has 0 heterocycles. The molecule has 110 valence electrons. The Morgan fingerprint density at radius 2 is 2.10 bits per heavy atom. The van der Waals surface area contributed by atoms with E-state index in [1.165, 1.54) is 0 Å². The number of hydrogen-bond donors (Lipinski definition) is 2. The summed E-state index contributed by atoms with van der Waals surface area (Å²) in [5.74, 6) is 0.591. The lowest BCUT2D eigenvalue weighted by Gasteiger charge is -2.21. The van der Waals surface area contributed by atoms with Gasteiger partial charge in [-0.3, -0.25) is 4.90 Å². The van der Waals surface area contributed by atoms with Gasteiger partial charge in [0.05, 0.1) is 17.7 Å². The largest absolute Gasteiger partial charge is 0.390 e. The van der Waals surface area contributed by atoms with Gasteiger partial charge in [0.15, 0.2) is 0 Å². The van der Waals surface area contributed by atoms with E-state index < -0.39 is 0 Å². The minimum absolute atomic E-state index is 0.377. The number of nitrogens with zero attached hydrogens (tertiary/aromatic N) is 2. The van der Waals surface area contributed by atoms with Gasteiger partial charge in [0.1, 0.15) is 0 Å². The quantitative estimate of drug-likeness (QED) is 0.756. The first-order valence-corrected chi connectivity index (χ1v) is 7.07. The molecule has 0 aliphatic heterocycles. The van der Waals surface area contributed by atoms with E-state index in [9.17, 15) is 5.11 Å². The number of aliphatic hydroxyl groups is 1. The normalized spacial score (nSPS) is 12.7. The standard InChI is InChI=1S/C16H25N3O/c1-13(2)9-18-10-16(20)12-19(3)11-15-6-4-5-14(7-15)8-17/h4-7,13,16,18,20H,9-12H2,1-3H3. The summed E-state index contributed by atoms with van der Waals surface area (Å²) in [7, 11) is 1.98. The zero-order valence-corrected chi connectivity index (χ0v) is 12.6.